The van der Waals surface area contributed by atoms with Crippen molar-refractivity contribution in [3.8, 4) is 0 Å². The summed E-state index contributed by atoms with van der Waals surface area (Å²) in [5, 5.41) is 0. The molecule has 0 amide bonds. The summed E-state index contributed by atoms with van der Waals surface area (Å²) in [6, 6.07) is 0.555. The van der Waals surface area contributed by atoms with Crippen LogP contribution in [0.15, 0.2) is 0 Å². The highest BCUT2D eigenvalue weighted by molar-refractivity contribution is 4.87. The Balaban J connectivity index is 2.49. The van der Waals surface area contributed by atoms with Gasteiger partial charge in [-0.3, -0.25) is 9.22 Å². The SMILES string of the molecule is CO[N+](C)(C)CO[C@]1(C)[C@@H](C)[N+]1(C)C. The normalized spacial score (nSPS) is 35.8. The topological polar surface area (TPSA) is 18.5 Å². The number of hydrogen-bond acceptors (Lipinski definition) is 2. The molecular formula is C10H24N2O2+2. The first-order valence-corrected chi connectivity index (χ1v) is 5.04. The van der Waals surface area contributed by atoms with Crippen molar-refractivity contribution in [3.05, 3.63) is 0 Å². The third-order valence-corrected chi connectivity index (χ3v) is 3.98. The lowest BCUT2D eigenvalue weighted by atomic mass is 10.3. The maximum Gasteiger partial charge on any atom is 0.258 e. The van der Waals surface area contributed by atoms with Gasteiger partial charge in [-0.25, -0.2) is 4.84 Å². The number of quaternary nitrogens is 2. The van der Waals surface area contributed by atoms with E-state index in [4.69, 9.17) is 9.57 Å². The fraction of sp³-hybridized carbons (Fsp3) is 1.00. The Labute approximate surface area is 87.1 Å². The number of likely N-dealkylation sites (N-methyl/N-ethyl adjacent to an activating group) is 1. The van der Waals surface area contributed by atoms with Crippen molar-refractivity contribution in [2.45, 2.75) is 25.6 Å². The van der Waals surface area contributed by atoms with Crippen molar-refractivity contribution >= 4 is 0 Å². The second kappa shape index (κ2) is 3.17. The predicted octanol–water partition coefficient (Wildman–Crippen LogP) is 0.793. The standard InChI is InChI=1S/C10H24N2O2/c1-9-10(2,12(9,5)6)14-8-11(3,4)13-7/h9H,8H2,1-7H3/q+2/t9-,10-/m1/s1. The van der Waals surface area contributed by atoms with Crippen LogP contribution in [0.4, 0.5) is 0 Å². The van der Waals surface area contributed by atoms with Gasteiger partial charge >= 0.3 is 0 Å². The predicted molar refractivity (Wildman–Crippen MR) is 55.0 cm³/mol. The summed E-state index contributed by atoms with van der Waals surface area (Å²) < 4.78 is 7.30. The van der Waals surface area contributed by atoms with Gasteiger partial charge in [-0.15, -0.1) is 0 Å². The largest absolute Gasteiger partial charge is 0.286 e. The smallest absolute Gasteiger partial charge is 0.258 e. The van der Waals surface area contributed by atoms with Crippen LogP contribution >= 0.6 is 0 Å². The molecule has 1 aliphatic rings. The molecule has 4 nitrogen and oxygen atoms in total. The van der Waals surface area contributed by atoms with Crippen LogP contribution in [0, 0.1) is 0 Å². The first-order valence-electron chi connectivity index (χ1n) is 5.04. The Bertz CT molecular complexity index is 228. The van der Waals surface area contributed by atoms with Crippen molar-refractivity contribution in [1.29, 1.82) is 0 Å². The van der Waals surface area contributed by atoms with Crippen LogP contribution in [0.25, 0.3) is 0 Å². The molecule has 0 aromatic carbocycles. The number of nitrogens with zero attached hydrogens (tertiary/aromatic N) is 2. The first kappa shape index (κ1) is 11.9. The summed E-state index contributed by atoms with van der Waals surface area (Å²) in [4.78, 5) is 5.27. The van der Waals surface area contributed by atoms with Crippen LogP contribution in [0.2, 0.25) is 0 Å². The van der Waals surface area contributed by atoms with Crippen molar-refractivity contribution in [2.24, 2.45) is 0 Å². The highest BCUT2D eigenvalue weighted by Crippen LogP contribution is 2.47. The molecular weight excluding hydrogens is 180 g/mol. The van der Waals surface area contributed by atoms with Gasteiger partial charge in [0, 0.05) is 6.92 Å². The summed E-state index contributed by atoms with van der Waals surface area (Å²) in [6.45, 7) is 4.96. The third kappa shape index (κ3) is 1.67. The minimum Gasteiger partial charge on any atom is -0.286 e. The summed E-state index contributed by atoms with van der Waals surface area (Å²) in [5.41, 5.74) is -0.0476. The summed E-state index contributed by atoms with van der Waals surface area (Å²) in [5.74, 6) is 0. The van der Waals surface area contributed by atoms with Crippen molar-refractivity contribution in [1.82, 2.24) is 0 Å². The zero-order valence-electron chi connectivity index (χ0n) is 10.5. The lowest BCUT2D eigenvalue weighted by molar-refractivity contribution is -1.09. The Hall–Kier alpha value is -0.160. The molecule has 0 bridgehead atoms. The molecule has 4 heteroatoms. The lowest BCUT2D eigenvalue weighted by Gasteiger charge is -2.25. The monoisotopic (exact) mass is 204 g/mol. The van der Waals surface area contributed by atoms with Gasteiger partial charge < -0.3 is 0 Å². The maximum absolute atomic E-state index is 5.94. The van der Waals surface area contributed by atoms with E-state index in [1.165, 1.54) is 0 Å². The minimum absolute atomic E-state index is 0.0476. The molecule has 0 saturated carbocycles. The van der Waals surface area contributed by atoms with Gasteiger partial charge in [-0.05, 0) is 6.92 Å². The van der Waals surface area contributed by atoms with E-state index in [2.05, 4.69) is 27.9 Å². The highest BCUT2D eigenvalue weighted by atomic mass is 16.7. The molecule has 0 radical (unpaired) electrons. The van der Waals surface area contributed by atoms with Gasteiger partial charge in [0.15, 0.2) is 6.04 Å². The lowest BCUT2D eigenvalue weighted by Crippen LogP contribution is -2.43. The van der Waals surface area contributed by atoms with E-state index < -0.39 is 0 Å². The molecule has 0 aromatic rings. The molecule has 84 valence electrons. The van der Waals surface area contributed by atoms with E-state index in [-0.39, 0.29) is 5.72 Å². The zero-order chi connectivity index (χ0) is 11.2. The van der Waals surface area contributed by atoms with E-state index >= 15 is 0 Å². The zero-order valence-corrected chi connectivity index (χ0v) is 10.5. The molecule has 0 N–H and O–H groups in total. The van der Waals surface area contributed by atoms with E-state index in [1.807, 2.05) is 14.1 Å². The summed E-state index contributed by atoms with van der Waals surface area (Å²) >= 11 is 0. The Kier molecular flexibility index (Phi) is 2.69. The van der Waals surface area contributed by atoms with Crippen molar-refractivity contribution in [2.75, 3.05) is 42.0 Å². The van der Waals surface area contributed by atoms with Crippen LogP contribution in [-0.4, -0.2) is 62.9 Å². The van der Waals surface area contributed by atoms with Crippen LogP contribution in [0.5, 0.6) is 0 Å². The van der Waals surface area contributed by atoms with Crippen LogP contribution in [-0.2, 0) is 9.57 Å². The third-order valence-electron chi connectivity index (χ3n) is 3.98. The van der Waals surface area contributed by atoms with Gasteiger partial charge in [-0.2, -0.15) is 4.65 Å². The van der Waals surface area contributed by atoms with Crippen LogP contribution < -0.4 is 0 Å². The molecule has 0 spiro atoms. The van der Waals surface area contributed by atoms with Crippen LogP contribution in [0.1, 0.15) is 13.8 Å². The van der Waals surface area contributed by atoms with Crippen molar-refractivity contribution < 1.29 is 18.7 Å². The molecule has 0 unspecified atom stereocenters. The van der Waals surface area contributed by atoms with E-state index in [0.29, 0.717) is 17.4 Å². The van der Waals surface area contributed by atoms with E-state index in [9.17, 15) is 0 Å². The number of hydroxylamine groups is 3. The Morgan fingerprint density at radius 2 is 1.79 bits per heavy atom. The fourth-order valence-corrected chi connectivity index (χ4v) is 1.71. The maximum atomic E-state index is 5.94. The molecule has 0 aromatic heterocycles. The van der Waals surface area contributed by atoms with E-state index in [1.54, 1.807) is 7.11 Å². The highest BCUT2D eigenvalue weighted by Gasteiger charge is 2.71. The summed E-state index contributed by atoms with van der Waals surface area (Å²) in [6.07, 6.45) is 0. The average Bonchev–Trinajstić information content (AvgIpc) is 2.48. The fourth-order valence-electron chi connectivity index (χ4n) is 1.71. The average molecular weight is 204 g/mol. The molecule has 0 aliphatic carbocycles. The molecule has 1 rings (SSSR count). The number of rotatable bonds is 4. The van der Waals surface area contributed by atoms with Crippen LogP contribution in [0.3, 0.4) is 0 Å². The number of hydrogen-bond donors (Lipinski definition) is 0. The van der Waals surface area contributed by atoms with Gasteiger partial charge in [0.05, 0.1) is 21.2 Å². The molecule has 1 heterocycles. The van der Waals surface area contributed by atoms with Gasteiger partial charge in [0.2, 0.25) is 6.73 Å². The van der Waals surface area contributed by atoms with Gasteiger partial charge in [0.25, 0.3) is 5.72 Å². The Morgan fingerprint density at radius 3 is 2.07 bits per heavy atom. The number of ether oxygens (including phenoxy) is 1. The Morgan fingerprint density at radius 1 is 1.36 bits per heavy atom. The second-order valence-electron chi connectivity index (χ2n) is 5.30. The van der Waals surface area contributed by atoms with Gasteiger partial charge in [-0.1, -0.05) is 0 Å². The molecule has 1 aliphatic heterocycles. The molecule has 1 saturated heterocycles. The molecule has 1 fully saturated rings. The molecule has 2 atom stereocenters. The minimum atomic E-state index is -0.0476. The second-order valence-corrected chi connectivity index (χ2v) is 5.30. The van der Waals surface area contributed by atoms with E-state index in [0.717, 1.165) is 4.48 Å². The molecule has 14 heavy (non-hydrogen) atoms. The summed E-state index contributed by atoms with van der Waals surface area (Å²) in [7, 11) is 10.0. The first-order chi connectivity index (χ1) is 6.17. The quantitative estimate of drug-likeness (QED) is 0.292. The van der Waals surface area contributed by atoms with Gasteiger partial charge in [0.1, 0.15) is 14.1 Å². The van der Waals surface area contributed by atoms with Crippen molar-refractivity contribution in [3.63, 3.8) is 0 Å².